The molecule has 1 saturated heterocycles. The second-order valence-electron chi connectivity index (χ2n) is 10.1. The lowest BCUT2D eigenvalue weighted by Crippen LogP contribution is -2.40. The Balaban J connectivity index is 1.51. The minimum atomic E-state index is -0.0829. The Bertz CT molecular complexity index is 1360. The summed E-state index contributed by atoms with van der Waals surface area (Å²) in [6, 6.07) is 18.2. The minimum absolute atomic E-state index is 0.0601. The smallest absolute Gasteiger partial charge is 0.252 e. The van der Waals surface area contributed by atoms with E-state index in [9.17, 15) is 4.79 Å². The predicted octanol–water partition coefficient (Wildman–Crippen LogP) is 4.25. The van der Waals surface area contributed by atoms with Crippen LogP contribution in [0.15, 0.2) is 59.4 Å². The van der Waals surface area contributed by atoms with Crippen molar-refractivity contribution in [1.29, 1.82) is 0 Å². The average Bonchev–Trinajstić information content (AvgIpc) is 3.53. The summed E-state index contributed by atoms with van der Waals surface area (Å²) in [5.74, 6) is 1.02. The average molecular weight is 487 g/mol. The number of hydrogen-bond acceptors (Lipinski definition) is 6. The van der Waals surface area contributed by atoms with Crippen molar-refractivity contribution < 1.29 is 4.74 Å². The largest absolute Gasteiger partial charge is 0.377 e. The molecule has 2 aromatic heterocycles. The number of pyridine rings is 1. The van der Waals surface area contributed by atoms with Gasteiger partial charge in [-0.25, -0.2) is 4.68 Å². The summed E-state index contributed by atoms with van der Waals surface area (Å²) in [6.45, 7) is 9.01. The van der Waals surface area contributed by atoms with Gasteiger partial charge in [0, 0.05) is 30.8 Å². The standard InChI is InChI=1S/C28H34N6O2/c1-19(2)26(27-30-31-32-34(27)16-21-8-5-4-6-9-21)33(18-24-10-7-13-36-24)17-23-15-22-14-20(3)11-12-25(22)29-28(23)35/h4-6,8-9,11-12,14-15,19,24,26H,7,10,13,16-18H2,1-3H3,(H,29,35)/t24-,26+/m1/s1. The van der Waals surface area contributed by atoms with Crippen LogP contribution in [0.3, 0.4) is 0 Å². The molecule has 188 valence electrons. The number of benzene rings is 2. The zero-order chi connectivity index (χ0) is 25.1. The fourth-order valence-electron chi connectivity index (χ4n) is 5.21. The minimum Gasteiger partial charge on any atom is -0.377 e. The van der Waals surface area contributed by atoms with Crippen LogP contribution in [0.1, 0.15) is 55.2 Å². The van der Waals surface area contributed by atoms with Crippen molar-refractivity contribution in [3.05, 3.63) is 87.5 Å². The van der Waals surface area contributed by atoms with Crippen LogP contribution in [0.5, 0.6) is 0 Å². The summed E-state index contributed by atoms with van der Waals surface area (Å²) < 4.78 is 7.91. The lowest BCUT2D eigenvalue weighted by molar-refractivity contribution is 0.0385. The number of aromatic amines is 1. The Labute approximate surface area is 211 Å². The van der Waals surface area contributed by atoms with E-state index in [0.29, 0.717) is 19.6 Å². The molecule has 0 amide bonds. The van der Waals surface area contributed by atoms with Crippen molar-refractivity contribution >= 4 is 10.9 Å². The molecule has 36 heavy (non-hydrogen) atoms. The number of rotatable bonds is 9. The summed E-state index contributed by atoms with van der Waals surface area (Å²) in [5.41, 5.74) is 3.83. The van der Waals surface area contributed by atoms with Crippen molar-refractivity contribution in [2.75, 3.05) is 13.2 Å². The molecule has 1 aliphatic rings. The van der Waals surface area contributed by atoms with E-state index >= 15 is 0 Å². The Morgan fingerprint density at radius 1 is 1.17 bits per heavy atom. The van der Waals surface area contributed by atoms with E-state index in [1.54, 1.807) is 0 Å². The molecule has 0 unspecified atom stereocenters. The molecule has 1 aliphatic heterocycles. The molecular weight excluding hydrogens is 452 g/mol. The van der Waals surface area contributed by atoms with E-state index < -0.39 is 0 Å². The normalized spacial score (nSPS) is 16.9. The van der Waals surface area contributed by atoms with Crippen molar-refractivity contribution in [3.63, 3.8) is 0 Å². The number of ether oxygens (including phenoxy) is 1. The first-order valence-electron chi connectivity index (χ1n) is 12.8. The second kappa shape index (κ2) is 10.7. The molecule has 8 nitrogen and oxygen atoms in total. The lowest BCUT2D eigenvalue weighted by Gasteiger charge is -2.35. The van der Waals surface area contributed by atoms with Crippen LogP contribution >= 0.6 is 0 Å². The molecule has 0 bridgehead atoms. The van der Waals surface area contributed by atoms with E-state index in [1.165, 1.54) is 0 Å². The molecular formula is C28H34N6O2. The van der Waals surface area contributed by atoms with E-state index in [2.05, 4.69) is 64.4 Å². The van der Waals surface area contributed by atoms with Gasteiger partial charge < -0.3 is 9.72 Å². The zero-order valence-corrected chi connectivity index (χ0v) is 21.2. The topological polar surface area (TPSA) is 88.9 Å². The number of nitrogens with zero attached hydrogens (tertiary/aromatic N) is 5. The number of tetrazole rings is 1. The van der Waals surface area contributed by atoms with Crippen molar-refractivity contribution in [2.24, 2.45) is 5.92 Å². The maximum Gasteiger partial charge on any atom is 0.252 e. The lowest BCUT2D eigenvalue weighted by atomic mass is 9.99. The Kier molecular flexibility index (Phi) is 7.25. The summed E-state index contributed by atoms with van der Waals surface area (Å²) in [5, 5.41) is 13.9. The molecule has 2 atom stereocenters. The monoisotopic (exact) mass is 486 g/mol. The molecule has 0 saturated carbocycles. The fourth-order valence-corrected chi connectivity index (χ4v) is 5.21. The number of hydrogen-bond donors (Lipinski definition) is 1. The van der Waals surface area contributed by atoms with Crippen LogP contribution < -0.4 is 5.56 Å². The van der Waals surface area contributed by atoms with E-state index in [1.807, 2.05) is 41.1 Å². The molecule has 0 aliphatic carbocycles. The molecule has 2 aromatic carbocycles. The Morgan fingerprint density at radius 2 is 2.00 bits per heavy atom. The summed E-state index contributed by atoms with van der Waals surface area (Å²) in [6.07, 6.45) is 2.21. The van der Waals surface area contributed by atoms with Crippen LogP contribution in [0.4, 0.5) is 0 Å². The molecule has 1 fully saturated rings. The first-order chi connectivity index (χ1) is 17.5. The van der Waals surface area contributed by atoms with Crippen molar-refractivity contribution in [3.8, 4) is 0 Å². The molecule has 1 N–H and O–H groups in total. The summed E-state index contributed by atoms with van der Waals surface area (Å²) >= 11 is 0. The van der Waals surface area contributed by atoms with Gasteiger partial charge in [-0.3, -0.25) is 9.69 Å². The quantitative estimate of drug-likeness (QED) is 0.381. The maximum absolute atomic E-state index is 13.1. The number of aromatic nitrogens is 5. The van der Waals surface area contributed by atoms with Gasteiger partial charge in [0.05, 0.1) is 18.7 Å². The van der Waals surface area contributed by atoms with Crippen LogP contribution in [-0.4, -0.2) is 49.3 Å². The van der Waals surface area contributed by atoms with Crippen LogP contribution in [0.2, 0.25) is 0 Å². The Morgan fingerprint density at radius 3 is 2.75 bits per heavy atom. The number of fused-ring (bicyclic) bond motifs is 1. The number of aryl methyl sites for hydroxylation is 1. The SMILES string of the molecule is Cc1ccc2[nH]c(=O)c(CN(C[C@H]3CCCO3)[C@H](c3nnnn3Cc3ccccc3)C(C)C)cc2c1. The van der Waals surface area contributed by atoms with Gasteiger partial charge in [-0.05, 0) is 65.3 Å². The van der Waals surface area contributed by atoms with Gasteiger partial charge in [0.25, 0.3) is 5.56 Å². The molecule has 8 heteroatoms. The van der Waals surface area contributed by atoms with Crippen molar-refractivity contribution in [1.82, 2.24) is 30.1 Å². The zero-order valence-electron chi connectivity index (χ0n) is 21.2. The molecule has 5 rings (SSSR count). The summed E-state index contributed by atoms with van der Waals surface area (Å²) in [4.78, 5) is 18.5. The first kappa shape index (κ1) is 24.3. The van der Waals surface area contributed by atoms with Crippen LogP contribution in [0.25, 0.3) is 10.9 Å². The third-order valence-corrected chi connectivity index (χ3v) is 6.94. The molecule has 0 radical (unpaired) electrons. The van der Waals surface area contributed by atoms with E-state index in [4.69, 9.17) is 4.74 Å². The van der Waals surface area contributed by atoms with Gasteiger partial charge in [0.1, 0.15) is 0 Å². The first-order valence-corrected chi connectivity index (χ1v) is 12.8. The van der Waals surface area contributed by atoms with E-state index in [-0.39, 0.29) is 23.6 Å². The van der Waals surface area contributed by atoms with E-state index in [0.717, 1.165) is 52.9 Å². The van der Waals surface area contributed by atoms with Gasteiger partial charge in [-0.2, -0.15) is 0 Å². The second-order valence-corrected chi connectivity index (χ2v) is 10.1. The van der Waals surface area contributed by atoms with Gasteiger partial charge in [0.15, 0.2) is 5.82 Å². The molecule has 3 heterocycles. The van der Waals surface area contributed by atoms with Crippen LogP contribution in [0, 0.1) is 12.8 Å². The Hall–Kier alpha value is -3.36. The fraction of sp³-hybridized carbons (Fsp3) is 0.429. The third-order valence-electron chi connectivity index (χ3n) is 6.94. The molecule has 0 spiro atoms. The third kappa shape index (κ3) is 5.39. The van der Waals surface area contributed by atoms with Gasteiger partial charge in [-0.15, -0.1) is 5.10 Å². The van der Waals surface area contributed by atoms with Crippen LogP contribution in [-0.2, 0) is 17.8 Å². The van der Waals surface area contributed by atoms with Crippen molar-refractivity contribution in [2.45, 2.75) is 58.8 Å². The highest BCUT2D eigenvalue weighted by Gasteiger charge is 2.32. The highest BCUT2D eigenvalue weighted by Crippen LogP contribution is 2.30. The van der Waals surface area contributed by atoms with Gasteiger partial charge in [0.2, 0.25) is 0 Å². The van der Waals surface area contributed by atoms with Gasteiger partial charge >= 0.3 is 0 Å². The summed E-state index contributed by atoms with van der Waals surface area (Å²) in [7, 11) is 0. The highest BCUT2D eigenvalue weighted by molar-refractivity contribution is 5.79. The number of nitrogens with one attached hydrogen (secondary N) is 1. The highest BCUT2D eigenvalue weighted by atomic mass is 16.5. The maximum atomic E-state index is 13.1. The molecule has 4 aromatic rings. The van der Waals surface area contributed by atoms with Gasteiger partial charge in [-0.1, -0.05) is 55.8 Å². The number of H-pyrrole nitrogens is 1. The predicted molar refractivity (Wildman–Crippen MR) is 140 cm³/mol.